The van der Waals surface area contributed by atoms with Crippen LogP contribution in [0.4, 0.5) is 5.69 Å². The highest BCUT2D eigenvalue weighted by Gasteiger charge is 2.26. The molecule has 0 aromatic heterocycles. The maximum atomic E-state index is 12.1. The summed E-state index contributed by atoms with van der Waals surface area (Å²) in [6, 6.07) is 7.65. The van der Waals surface area contributed by atoms with Crippen LogP contribution in [0, 0.1) is 0 Å². The fraction of sp³-hybridized carbons (Fsp3) is 0.533. The second-order valence-electron chi connectivity index (χ2n) is 5.42. The minimum Gasteiger partial charge on any atom is -0.327 e. The Morgan fingerprint density at radius 3 is 2.86 bits per heavy atom. The Bertz CT molecular complexity index is 468. The molecule has 0 bridgehead atoms. The maximum Gasteiger partial charge on any atom is 0.238 e. The molecule has 0 radical (unpaired) electrons. The van der Waals surface area contributed by atoms with E-state index >= 15 is 0 Å². The Morgan fingerprint density at radius 1 is 1.48 bits per heavy atom. The van der Waals surface area contributed by atoms with Crippen LogP contribution in [0.15, 0.2) is 24.3 Å². The molecule has 1 saturated heterocycles. The molecule has 1 aliphatic rings. The minimum absolute atomic E-state index is 0. The van der Waals surface area contributed by atoms with Crippen LogP contribution in [0.1, 0.15) is 26.2 Å². The van der Waals surface area contributed by atoms with Crippen LogP contribution in [-0.2, 0) is 4.79 Å². The Balaban J connectivity index is 0.00000220. The third-order valence-corrected chi connectivity index (χ3v) is 4.10. The first kappa shape index (κ1) is 18.2. The lowest BCUT2D eigenvalue weighted by Crippen LogP contribution is -2.51. The summed E-state index contributed by atoms with van der Waals surface area (Å²) in [5, 5.41) is 3.42. The van der Waals surface area contributed by atoms with Gasteiger partial charge in [-0.15, -0.1) is 12.4 Å². The number of hydrogen-bond donors (Lipinski definition) is 2. The molecule has 2 atom stereocenters. The lowest BCUT2D eigenvalue weighted by molar-refractivity contribution is -0.118. The molecule has 1 amide bonds. The van der Waals surface area contributed by atoms with Gasteiger partial charge in [-0.3, -0.25) is 9.69 Å². The zero-order valence-electron chi connectivity index (χ0n) is 12.2. The zero-order valence-corrected chi connectivity index (χ0v) is 13.8. The molecule has 0 aliphatic carbocycles. The summed E-state index contributed by atoms with van der Waals surface area (Å²) in [6.07, 6.45) is 3.38. The van der Waals surface area contributed by atoms with E-state index in [-0.39, 0.29) is 24.4 Å². The van der Waals surface area contributed by atoms with Crippen molar-refractivity contribution in [3.63, 3.8) is 0 Å². The number of carbonyl (C=O) groups is 1. The minimum atomic E-state index is -0.0364. The molecule has 1 aromatic carbocycles. The van der Waals surface area contributed by atoms with Crippen molar-refractivity contribution in [3.05, 3.63) is 29.3 Å². The van der Waals surface area contributed by atoms with Crippen molar-refractivity contribution in [1.82, 2.24) is 4.90 Å². The summed E-state index contributed by atoms with van der Waals surface area (Å²) < 4.78 is 0. The number of para-hydroxylation sites is 1. The van der Waals surface area contributed by atoms with Crippen LogP contribution in [0.25, 0.3) is 0 Å². The number of nitrogens with two attached hydrogens (primary N) is 1. The summed E-state index contributed by atoms with van der Waals surface area (Å²) in [5.74, 6) is -0.0364. The van der Waals surface area contributed by atoms with E-state index in [0.29, 0.717) is 23.3 Å². The SMILES string of the molecule is CC(N)C1CCCCN1CC(=O)Nc1ccccc1Cl.Cl. The van der Waals surface area contributed by atoms with Gasteiger partial charge in [0.2, 0.25) is 5.91 Å². The smallest absolute Gasteiger partial charge is 0.238 e. The topological polar surface area (TPSA) is 58.4 Å². The Labute approximate surface area is 137 Å². The molecule has 6 heteroatoms. The van der Waals surface area contributed by atoms with Crippen LogP contribution in [-0.4, -0.2) is 36.0 Å². The van der Waals surface area contributed by atoms with Gasteiger partial charge in [-0.05, 0) is 38.4 Å². The Morgan fingerprint density at radius 2 is 2.19 bits per heavy atom. The number of piperidine rings is 1. The number of rotatable bonds is 4. The van der Waals surface area contributed by atoms with E-state index in [0.717, 1.165) is 19.4 Å². The van der Waals surface area contributed by atoms with Crippen molar-refractivity contribution in [1.29, 1.82) is 0 Å². The Kier molecular flexibility index (Phi) is 7.46. The van der Waals surface area contributed by atoms with Gasteiger partial charge in [-0.25, -0.2) is 0 Å². The lowest BCUT2D eigenvalue weighted by atomic mass is 9.97. The number of hydrogen-bond acceptors (Lipinski definition) is 3. The summed E-state index contributed by atoms with van der Waals surface area (Å²) in [4.78, 5) is 14.3. The molecule has 1 aliphatic heterocycles. The number of nitrogens with one attached hydrogen (secondary N) is 1. The summed E-state index contributed by atoms with van der Waals surface area (Å²) >= 11 is 6.04. The molecule has 1 fully saturated rings. The quantitative estimate of drug-likeness (QED) is 0.891. The first-order chi connectivity index (χ1) is 9.58. The van der Waals surface area contributed by atoms with Gasteiger partial charge in [0.05, 0.1) is 17.3 Å². The zero-order chi connectivity index (χ0) is 14.5. The maximum absolute atomic E-state index is 12.1. The van der Waals surface area contributed by atoms with Crippen LogP contribution in [0.3, 0.4) is 0 Å². The average Bonchev–Trinajstić information content (AvgIpc) is 2.41. The summed E-state index contributed by atoms with van der Waals surface area (Å²) in [6.45, 7) is 3.31. The van der Waals surface area contributed by atoms with E-state index in [2.05, 4.69) is 10.2 Å². The van der Waals surface area contributed by atoms with Crippen molar-refractivity contribution in [3.8, 4) is 0 Å². The molecular weight excluding hydrogens is 309 g/mol. The third-order valence-electron chi connectivity index (χ3n) is 3.77. The van der Waals surface area contributed by atoms with Crippen molar-refractivity contribution in [2.45, 2.75) is 38.3 Å². The molecule has 1 aromatic rings. The summed E-state index contributed by atoms with van der Waals surface area (Å²) in [5.41, 5.74) is 6.68. The third kappa shape index (κ3) is 5.15. The second-order valence-corrected chi connectivity index (χ2v) is 5.83. The highest BCUT2D eigenvalue weighted by atomic mass is 35.5. The van der Waals surface area contributed by atoms with E-state index in [4.69, 9.17) is 17.3 Å². The largest absolute Gasteiger partial charge is 0.327 e. The normalized spacial score (nSPS) is 20.4. The van der Waals surface area contributed by atoms with Gasteiger partial charge in [0.25, 0.3) is 0 Å². The fourth-order valence-electron chi connectivity index (χ4n) is 2.75. The van der Waals surface area contributed by atoms with E-state index in [1.54, 1.807) is 12.1 Å². The summed E-state index contributed by atoms with van der Waals surface area (Å²) in [7, 11) is 0. The number of benzene rings is 1. The van der Waals surface area contributed by atoms with Crippen LogP contribution < -0.4 is 11.1 Å². The first-order valence-electron chi connectivity index (χ1n) is 7.12. The van der Waals surface area contributed by atoms with Crippen LogP contribution in [0.2, 0.25) is 5.02 Å². The van der Waals surface area contributed by atoms with Crippen LogP contribution >= 0.6 is 24.0 Å². The van der Waals surface area contributed by atoms with Crippen molar-refractivity contribution in [2.24, 2.45) is 5.73 Å². The molecule has 21 heavy (non-hydrogen) atoms. The molecule has 1 heterocycles. The van der Waals surface area contributed by atoms with Crippen molar-refractivity contribution >= 4 is 35.6 Å². The highest BCUT2D eigenvalue weighted by molar-refractivity contribution is 6.33. The van der Waals surface area contributed by atoms with Gasteiger partial charge in [0.15, 0.2) is 0 Å². The number of nitrogens with zero attached hydrogens (tertiary/aromatic N) is 1. The number of anilines is 1. The van der Waals surface area contributed by atoms with Gasteiger partial charge in [-0.2, -0.15) is 0 Å². The van der Waals surface area contributed by atoms with Gasteiger partial charge < -0.3 is 11.1 Å². The predicted molar refractivity (Wildman–Crippen MR) is 90.2 cm³/mol. The molecule has 2 unspecified atom stereocenters. The van der Waals surface area contributed by atoms with Gasteiger partial charge in [0, 0.05) is 12.1 Å². The molecule has 0 spiro atoms. The van der Waals surface area contributed by atoms with Crippen LogP contribution in [0.5, 0.6) is 0 Å². The standard InChI is InChI=1S/C15H22ClN3O.ClH/c1-11(17)14-8-4-5-9-19(14)10-15(20)18-13-7-3-2-6-12(13)16;/h2-3,6-7,11,14H,4-5,8-10,17H2,1H3,(H,18,20);1H. The second kappa shape index (κ2) is 8.59. The monoisotopic (exact) mass is 331 g/mol. The fourth-order valence-corrected chi connectivity index (χ4v) is 2.93. The lowest BCUT2D eigenvalue weighted by Gasteiger charge is -2.37. The number of carbonyl (C=O) groups excluding carboxylic acids is 1. The van der Waals surface area contributed by atoms with Gasteiger partial charge in [-0.1, -0.05) is 30.2 Å². The Hall–Kier alpha value is -0.810. The first-order valence-corrected chi connectivity index (χ1v) is 7.49. The number of amides is 1. The molecule has 4 nitrogen and oxygen atoms in total. The molecule has 2 rings (SSSR count). The number of halogens is 2. The molecule has 0 saturated carbocycles. The molecule has 118 valence electrons. The molecule has 3 N–H and O–H groups in total. The van der Waals surface area contributed by atoms with Gasteiger partial charge in [0.1, 0.15) is 0 Å². The highest BCUT2D eigenvalue weighted by Crippen LogP contribution is 2.22. The molecular formula is C15H23Cl2N3O. The van der Waals surface area contributed by atoms with Crippen molar-refractivity contribution < 1.29 is 4.79 Å². The van der Waals surface area contributed by atoms with E-state index in [1.165, 1.54) is 6.42 Å². The van der Waals surface area contributed by atoms with E-state index < -0.39 is 0 Å². The van der Waals surface area contributed by atoms with Gasteiger partial charge >= 0.3 is 0 Å². The average molecular weight is 332 g/mol. The van der Waals surface area contributed by atoms with Crippen molar-refractivity contribution in [2.75, 3.05) is 18.4 Å². The van der Waals surface area contributed by atoms with E-state index in [9.17, 15) is 4.79 Å². The predicted octanol–water partition coefficient (Wildman–Crippen LogP) is 2.90. The van der Waals surface area contributed by atoms with E-state index in [1.807, 2.05) is 19.1 Å². The number of likely N-dealkylation sites (tertiary alicyclic amines) is 1.